The van der Waals surface area contributed by atoms with Gasteiger partial charge in [-0.05, 0) is 75.3 Å². The summed E-state index contributed by atoms with van der Waals surface area (Å²) < 4.78 is 22.3. The Morgan fingerprint density at radius 3 is 2.26 bits per heavy atom. The third-order valence-corrected chi connectivity index (χ3v) is 12.5. The van der Waals surface area contributed by atoms with Gasteiger partial charge in [0.1, 0.15) is 23.7 Å². The van der Waals surface area contributed by atoms with Gasteiger partial charge < -0.3 is 15.4 Å². The van der Waals surface area contributed by atoms with Crippen molar-refractivity contribution >= 4 is 47.0 Å². The molecule has 2 aromatic carbocycles. The number of amides is 5. The number of hydrogen-bond acceptors (Lipinski definition) is 12. The van der Waals surface area contributed by atoms with E-state index in [-0.39, 0.29) is 53.2 Å². The summed E-state index contributed by atoms with van der Waals surface area (Å²) in [5.41, 5.74) is 5.67. The Morgan fingerprint density at radius 2 is 1.60 bits per heavy atom. The molecule has 1 aromatic heterocycles. The zero-order valence-corrected chi connectivity index (χ0v) is 32.6. The summed E-state index contributed by atoms with van der Waals surface area (Å²) in [6, 6.07) is 12.0. The second-order valence-corrected chi connectivity index (χ2v) is 16.0. The summed E-state index contributed by atoms with van der Waals surface area (Å²) in [5, 5.41) is 17.5. The van der Waals surface area contributed by atoms with E-state index in [1.165, 1.54) is 11.0 Å². The van der Waals surface area contributed by atoms with Gasteiger partial charge in [0.15, 0.2) is 11.5 Å². The molecule has 17 heteroatoms. The van der Waals surface area contributed by atoms with Gasteiger partial charge in [-0.15, -0.1) is 10.2 Å². The number of halogens is 2. The van der Waals surface area contributed by atoms with Crippen molar-refractivity contribution < 1.29 is 33.1 Å². The van der Waals surface area contributed by atoms with Crippen LogP contribution in [0.2, 0.25) is 5.02 Å². The normalized spacial score (nSPS) is 23.6. The highest BCUT2D eigenvalue weighted by Crippen LogP contribution is 2.36. The Kier molecular flexibility index (Phi) is 11.1. The van der Waals surface area contributed by atoms with Crippen LogP contribution >= 0.6 is 11.6 Å². The van der Waals surface area contributed by atoms with Crippen molar-refractivity contribution in [2.45, 2.75) is 82.1 Å². The van der Waals surface area contributed by atoms with Crippen LogP contribution in [0.15, 0.2) is 42.5 Å². The molecule has 3 saturated heterocycles. The number of nitrogens with two attached hydrogens (primary N) is 1. The van der Waals surface area contributed by atoms with Crippen LogP contribution in [0.5, 0.6) is 5.75 Å². The lowest BCUT2D eigenvalue weighted by atomic mass is 9.89. The first kappa shape index (κ1) is 39.3. The van der Waals surface area contributed by atoms with Gasteiger partial charge in [0.2, 0.25) is 5.91 Å². The van der Waals surface area contributed by atoms with E-state index in [1.807, 2.05) is 6.07 Å². The summed E-state index contributed by atoms with van der Waals surface area (Å²) >= 11 is 6.16. The number of carbonyl (C=O) groups is 5. The van der Waals surface area contributed by atoms with E-state index >= 15 is 4.39 Å². The van der Waals surface area contributed by atoms with E-state index in [2.05, 4.69) is 24.9 Å². The molecule has 5 amide bonds. The van der Waals surface area contributed by atoms with Crippen LogP contribution in [0.3, 0.4) is 0 Å². The van der Waals surface area contributed by atoms with Crippen molar-refractivity contribution in [3.63, 3.8) is 0 Å². The first-order valence-corrected chi connectivity index (χ1v) is 20.1. The predicted octanol–water partition coefficient (Wildman–Crippen LogP) is 3.53. The Balaban J connectivity index is 0.852. The molecule has 1 atom stereocenters. The zero-order chi connectivity index (χ0) is 40.7. The number of benzene rings is 2. The highest BCUT2D eigenvalue weighted by Gasteiger charge is 2.50. The van der Waals surface area contributed by atoms with E-state index in [0.717, 1.165) is 43.9 Å². The van der Waals surface area contributed by atoms with Gasteiger partial charge in [-0.1, -0.05) is 17.7 Å². The molecular formula is C41H43ClFN9O6. The molecule has 4 fully saturated rings. The Hall–Kier alpha value is -5.50. The van der Waals surface area contributed by atoms with E-state index in [0.29, 0.717) is 67.5 Å². The molecule has 0 spiro atoms. The number of likely N-dealkylation sites (tertiary alicyclic amines) is 1. The van der Waals surface area contributed by atoms with Crippen LogP contribution in [0, 0.1) is 17.1 Å². The maximum absolute atomic E-state index is 16.2. The van der Waals surface area contributed by atoms with E-state index in [1.54, 1.807) is 36.4 Å². The summed E-state index contributed by atoms with van der Waals surface area (Å²) in [4.78, 5) is 74.8. The van der Waals surface area contributed by atoms with Gasteiger partial charge in [-0.3, -0.25) is 43.6 Å². The van der Waals surface area contributed by atoms with E-state index < -0.39 is 41.5 Å². The minimum Gasteiger partial charge on any atom is -0.490 e. The maximum Gasteiger partial charge on any atom is 0.269 e. The first-order chi connectivity index (χ1) is 28.0. The fourth-order valence-corrected chi connectivity index (χ4v) is 9.26. The van der Waals surface area contributed by atoms with Gasteiger partial charge in [-0.2, -0.15) is 5.26 Å². The number of ether oxygens (including phenoxy) is 1. The molecule has 5 heterocycles. The quantitative estimate of drug-likeness (QED) is 0.311. The van der Waals surface area contributed by atoms with Crippen molar-refractivity contribution in [1.82, 2.24) is 29.8 Å². The molecule has 4 aliphatic heterocycles. The number of fused-ring (bicyclic) bond motifs is 1. The van der Waals surface area contributed by atoms with Crippen LogP contribution in [0.4, 0.5) is 10.2 Å². The number of hydrogen-bond donors (Lipinski definition) is 1. The van der Waals surface area contributed by atoms with E-state index in [9.17, 15) is 24.0 Å². The minimum atomic E-state index is -1.21. The SMILES string of the molecule is N#Cc1ccc(OC2CCC(N3C(=O)CCC(N4C(=O)c5ccc(CN6CCN(C7CCN(c8ccc(C(N)=O)nn8)CC7)CC6)c(F)c5C4=O)C3=O)CC2)cc1Cl. The number of imide groups is 2. The molecule has 1 saturated carbocycles. The van der Waals surface area contributed by atoms with Gasteiger partial charge in [0.25, 0.3) is 23.6 Å². The topological polar surface area (TPSA) is 186 Å². The number of nitrogens with zero attached hydrogens (tertiary/aromatic N) is 8. The predicted molar refractivity (Wildman–Crippen MR) is 207 cm³/mol. The van der Waals surface area contributed by atoms with E-state index in [4.69, 9.17) is 27.3 Å². The highest BCUT2D eigenvalue weighted by molar-refractivity contribution is 6.31. The molecule has 5 aliphatic rings. The first-order valence-electron chi connectivity index (χ1n) is 19.8. The maximum atomic E-state index is 16.2. The Bertz CT molecular complexity index is 2180. The second-order valence-electron chi connectivity index (χ2n) is 15.6. The number of aromatic nitrogens is 2. The standard InChI is InChI=1S/C41H43ClFN9O6/c42-31-21-29(5-1-24(31)22-44)58-28-6-3-27(4-7-28)51-35(53)12-10-33(40(51)56)52-39(55)30-8-2-25(37(43)36(30)41(52)57)23-48-17-19-49(20-18-48)26-13-15-50(16-14-26)34-11-9-32(38(45)54)46-47-34/h1-2,5,8-9,11,21,26-28,33H,3-4,6-7,10,12-20,23H2,(H2,45,54). The lowest BCUT2D eigenvalue weighted by Crippen LogP contribution is -2.59. The fraction of sp³-hybridized carbons (Fsp3) is 0.463. The van der Waals surface area contributed by atoms with Crippen molar-refractivity contribution in [1.29, 1.82) is 5.26 Å². The number of piperazine rings is 1. The summed E-state index contributed by atoms with van der Waals surface area (Å²) in [6.07, 6.45) is 3.68. The molecule has 1 unspecified atom stereocenters. The van der Waals surface area contributed by atoms with Crippen LogP contribution in [-0.4, -0.2) is 123 Å². The molecule has 58 heavy (non-hydrogen) atoms. The number of carbonyl (C=O) groups excluding carboxylic acids is 5. The number of primary amides is 1. The zero-order valence-electron chi connectivity index (χ0n) is 31.8. The average molecular weight is 812 g/mol. The van der Waals surface area contributed by atoms with Gasteiger partial charge in [-0.25, -0.2) is 4.39 Å². The monoisotopic (exact) mass is 811 g/mol. The molecular weight excluding hydrogens is 769 g/mol. The smallest absolute Gasteiger partial charge is 0.269 e. The summed E-state index contributed by atoms with van der Waals surface area (Å²) in [5.74, 6) is -2.69. The molecule has 1 aliphatic carbocycles. The fourth-order valence-electron chi connectivity index (χ4n) is 9.05. The number of rotatable bonds is 9. The summed E-state index contributed by atoms with van der Waals surface area (Å²) in [6.45, 7) is 4.87. The molecule has 302 valence electrons. The Labute approximate surface area is 339 Å². The van der Waals surface area contributed by atoms with Crippen LogP contribution in [0.1, 0.15) is 93.7 Å². The molecule has 0 bridgehead atoms. The summed E-state index contributed by atoms with van der Waals surface area (Å²) in [7, 11) is 0. The molecule has 15 nitrogen and oxygen atoms in total. The molecule has 8 rings (SSSR count). The number of piperidine rings is 2. The van der Waals surface area contributed by atoms with Crippen LogP contribution < -0.4 is 15.4 Å². The lowest BCUT2D eigenvalue weighted by molar-refractivity contribution is -0.155. The average Bonchev–Trinajstić information content (AvgIpc) is 3.48. The van der Waals surface area contributed by atoms with Crippen molar-refractivity contribution in [3.8, 4) is 11.8 Å². The lowest BCUT2D eigenvalue weighted by Gasteiger charge is -2.43. The van der Waals surface area contributed by atoms with Crippen LogP contribution in [0.25, 0.3) is 0 Å². The van der Waals surface area contributed by atoms with Crippen LogP contribution in [-0.2, 0) is 16.1 Å². The number of nitriles is 1. The highest BCUT2D eigenvalue weighted by atomic mass is 35.5. The third-order valence-electron chi connectivity index (χ3n) is 12.2. The molecule has 0 radical (unpaired) electrons. The van der Waals surface area contributed by atoms with Crippen molar-refractivity contribution in [2.75, 3.05) is 44.2 Å². The largest absolute Gasteiger partial charge is 0.490 e. The van der Waals surface area contributed by atoms with Gasteiger partial charge in [0, 0.05) is 75.9 Å². The third kappa shape index (κ3) is 7.61. The van der Waals surface area contributed by atoms with Crippen molar-refractivity contribution in [2.24, 2.45) is 5.73 Å². The van der Waals surface area contributed by atoms with Gasteiger partial charge in [0.05, 0.1) is 27.8 Å². The number of anilines is 1. The Morgan fingerprint density at radius 1 is 0.862 bits per heavy atom. The van der Waals surface area contributed by atoms with Gasteiger partial charge >= 0.3 is 0 Å². The molecule has 3 aromatic rings. The second kappa shape index (κ2) is 16.4. The van der Waals surface area contributed by atoms with Crippen molar-refractivity contribution in [3.05, 3.63) is 81.3 Å². The molecule has 2 N–H and O–H groups in total. The minimum absolute atomic E-state index is 0.0204.